The van der Waals surface area contributed by atoms with Crippen LogP contribution >= 0.6 is 11.6 Å². The average molecular weight is 268 g/mol. The van der Waals surface area contributed by atoms with Gasteiger partial charge in [0.1, 0.15) is 0 Å². The molecule has 0 aliphatic carbocycles. The van der Waals surface area contributed by atoms with Gasteiger partial charge in [-0.3, -0.25) is 0 Å². The highest BCUT2D eigenvalue weighted by Crippen LogP contribution is 2.22. The molecule has 1 aromatic carbocycles. The van der Waals surface area contributed by atoms with Crippen molar-refractivity contribution >= 4 is 17.7 Å². The summed E-state index contributed by atoms with van der Waals surface area (Å²) in [5, 5.41) is 0.743. The Morgan fingerprint density at radius 3 is 2.78 bits per heavy atom. The number of hydrogen-bond acceptors (Lipinski definition) is 2. The fourth-order valence-corrected chi connectivity index (χ4v) is 2.59. The summed E-state index contributed by atoms with van der Waals surface area (Å²) < 4.78 is 4.84. The minimum absolute atomic E-state index is 0.214. The lowest BCUT2D eigenvalue weighted by Crippen LogP contribution is -2.44. The van der Waals surface area contributed by atoms with Crippen LogP contribution in [-0.4, -0.2) is 30.7 Å². The molecule has 2 rings (SSSR count). The summed E-state index contributed by atoms with van der Waals surface area (Å²) in [6.07, 6.45) is 3.93. The van der Waals surface area contributed by atoms with Crippen LogP contribution in [-0.2, 0) is 11.2 Å². The molecule has 3 nitrogen and oxygen atoms in total. The Morgan fingerprint density at radius 1 is 1.39 bits per heavy atom. The molecule has 0 N–H and O–H groups in total. The maximum Gasteiger partial charge on any atom is 0.409 e. The third-order valence-corrected chi connectivity index (χ3v) is 3.67. The first-order valence-electron chi connectivity index (χ1n) is 6.29. The molecule has 1 aliphatic heterocycles. The highest BCUT2D eigenvalue weighted by molar-refractivity contribution is 6.30. The van der Waals surface area contributed by atoms with Crippen molar-refractivity contribution in [1.29, 1.82) is 0 Å². The zero-order valence-corrected chi connectivity index (χ0v) is 11.3. The molecule has 4 heteroatoms. The van der Waals surface area contributed by atoms with E-state index in [4.69, 9.17) is 16.3 Å². The van der Waals surface area contributed by atoms with E-state index in [2.05, 4.69) is 0 Å². The Balaban J connectivity index is 2.05. The van der Waals surface area contributed by atoms with E-state index in [9.17, 15) is 4.79 Å². The monoisotopic (exact) mass is 267 g/mol. The number of amides is 1. The fraction of sp³-hybridized carbons (Fsp3) is 0.500. The number of carbonyl (C=O) groups excluding carboxylic acids is 1. The molecule has 0 bridgehead atoms. The second-order valence-corrected chi connectivity index (χ2v) is 5.08. The fourth-order valence-electron chi connectivity index (χ4n) is 2.46. The number of piperidine rings is 1. The third kappa shape index (κ3) is 3.16. The van der Waals surface area contributed by atoms with Gasteiger partial charge in [-0.2, -0.15) is 0 Å². The first-order valence-corrected chi connectivity index (χ1v) is 6.67. The molecule has 1 aliphatic rings. The molecule has 1 unspecified atom stereocenters. The van der Waals surface area contributed by atoms with Gasteiger partial charge in [-0.1, -0.05) is 23.7 Å². The highest BCUT2D eigenvalue weighted by Gasteiger charge is 2.27. The van der Waals surface area contributed by atoms with E-state index >= 15 is 0 Å². The van der Waals surface area contributed by atoms with Gasteiger partial charge in [-0.25, -0.2) is 4.79 Å². The predicted octanol–water partition coefficient (Wildman–Crippen LogP) is 3.50. The van der Waals surface area contributed by atoms with Gasteiger partial charge in [0.05, 0.1) is 7.11 Å². The number of halogens is 1. The van der Waals surface area contributed by atoms with Crippen molar-refractivity contribution in [3.63, 3.8) is 0 Å². The molecule has 1 fully saturated rings. The van der Waals surface area contributed by atoms with Crippen LogP contribution in [0.5, 0.6) is 0 Å². The van der Waals surface area contributed by atoms with Crippen molar-refractivity contribution in [3.8, 4) is 0 Å². The number of nitrogens with zero attached hydrogens (tertiary/aromatic N) is 1. The highest BCUT2D eigenvalue weighted by atomic mass is 35.5. The van der Waals surface area contributed by atoms with Crippen molar-refractivity contribution in [2.75, 3.05) is 13.7 Å². The molecule has 0 aromatic heterocycles. The SMILES string of the molecule is COC(=O)N1CCCCC1Cc1ccc(Cl)cc1. The summed E-state index contributed by atoms with van der Waals surface area (Å²) in [6, 6.07) is 8.07. The Labute approximate surface area is 113 Å². The summed E-state index contributed by atoms with van der Waals surface area (Å²) in [6.45, 7) is 0.797. The number of rotatable bonds is 2. The Kier molecular flexibility index (Phi) is 4.48. The molecular weight excluding hydrogens is 250 g/mol. The maximum absolute atomic E-state index is 11.7. The van der Waals surface area contributed by atoms with Crippen molar-refractivity contribution in [2.45, 2.75) is 31.7 Å². The van der Waals surface area contributed by atoms with E-state index in [1.54, 1.807) is 0 Å². The minimum atomic E-state index is -0.214. The molecule has 0 radical (unpaired) electrons. The summed E-state index contributed by atoms with van der Waals surface area (Å²) in [4.78, 5) is 13.5. The van der Waals surface area contributed by atoms with Crippen LogP contribution in [0.1, 0.15) is 24.8 Å². The van der Waals surface area contributed by atoms with E-state index in [0.717, 1.165) is 30.8 Å². The van der Waals surface area contributed by atoms with Crippen LogP contribution < -0.4 is 0 Å². The van der Waals surface area contributed by atoms with Gasteiger partial charge < -0.3 is 9.64 Å². The Morgan fingerprint density at radius 2 is 2.11 bits per heavy atom. The van der Waals surface area contributed by atoms with E-state index in [1.807, 2.05) is 29.2 Å². The van der Waals surface area contributed by atoms with Gasteiger partial charge in [0.15, 0.2) is 0 Å². The smallest absolute Gasteiger partial charge is 0.409 e. The molecule has 1 saturated heterocycles. The molecule has 1 amide bonds. The summed E-state index contributed by atoms with van der Waals surface area (Å²) in [7, 11) is 1.44. The van der Waals surface area contributed by atoms with Crippen molar-refractivity contribution in [1.82, 2.24) is 4.90 Å². The molecule has 0 saturated carbocycles. The first kappa shape index (κ1) is 13.2. The number of likely N-dealkylation sites (tertiary alicyclic amines) is 1. The molecule has 1 heterocycles. The van der Waals surface area contributed by atoms with E-state index < -0.39 is 0 Å². The van der Waals surface area contributed by atoms with Crippen molar-refractivity contribution < 1.29 is 9.53 Å². The number of methoxy groups -OCH3 is 1. The van der Waals surface area contributed by atoms with Gasteiger partial charge >= 0.3 is 6.09 Å². The number of carbonyl (C=O) groups is 1. The number of hydrogen-bond donors (Lipinski definition) is 0. The zero-order chi connectivity index (χ0) is 13.0. The third-order valence-electron chi connectivity index (χ3n) is 3.42. The van der Waals surface area contributed by atoms with E-state index in [-0.39, 0.29) is 12.1 Å². The standard InChI is InChI=1S/C14H18ClNO2/c1-18-14(17)16-9-3-2-4-13(16)10-11-5-7-12(15)8-6-11/h5-8,13H,2-4,9-10H2,1H3. The topological polar surface area (TPSA) is 29.5 Å². The zero-order valence-electron chi connectivity index (χ0n) is 10.6. The molecule has 0 spiro atoms. The average Bonchev–Trinajstić information content (AvgIpc) is 2.41. The quantitative estimate of drug-likeness (QED) is 0.821. The van der Waals surface area contributed by atoms with Gasteiger partial charge in [0, 0.05) is 17.6 Å². The number of benzene rings is 1. The first-order chi connectivity index (χ1) is 8.70. The largest absolute Gasteiger partial charge is 0.453 e. The van der Waals surface area contributed by atoms with Gasteiger partial charge in [-0.05, 0) is 43.4 Å². The van der Waals surface area contributed by atoms with Crippen LogP contribution in [0.25, 0.3) is 0 Å². The second-order valence-electron chi connectivity index (χ2n) is 4.64. The van der Waals surface area contributed by atoms with Gasteiger partial charge in [0.2, 0.25) is 0 Å². The molecule has 1 aromatic rings. The predicted molar refractivity (Wildman–Crippen MR) is 71.9 cm³/mol. The summed E-state index contributed by atoms with van der Waals surface area (Å²) >= 11 is 5.87. The Hall–Kier alpha value is -1.22. The molecule has 18 heavy (non-hydrogen) atoms. The number of ether oxygens (including phenoxy) is 1. The normalized spacial score (nSPS) is 19.7. The molecule has 1 atom stereocenters. The van der Waals surface area contributed by atoms with Crippen LogP contribution in [0.4, 0.5) is 4.79 Å². The second kappa shape index (κ2) is 6.10. The maximum atomic E-state index is 11.7. The van der Waals surface area contributed by atoms with Crippen LogP contribution in [0, 0.1) is 0 Å². The van der Waals surface area contributed by atoms with E-state index in [1.165, 1.54) is 19.1 Å². The van der Waals surface area contributed by atoms with Gasteiger partial charge in [0.25, 0.3) is 0 Å². The molecular formula is C14H18ClNO2. The van der Waals surface area contributed by atoms with Gasteiger partial charge in [-0.15, -0.1) is 0 Å². The summed E-state index contributed by atoms with van der Waals surface area (Å²) in [5.74, 6) is 0. The minimum Gasteiger partial charge on any atom is -0.453 e. The lowest BCUT2D eigenvalue weighted by molar-refractivity contribution is 0.0895. The summed E-state index contributed by atoms with van der Waals surface area (Å²) in [5.41, 5.74) is 1.21. The van der Waals surface area contributed by atoms with Crippen LogP contribution in [0.15, 0.2) is 24.3 Å². The van der Waals surface area contributed by atoms with Crippen molar-refractivity contribution in [2.24, 2.45) is 0 Å². The van der Waals surface area contributed by atoms with E-state index in [0.29, 0.717) is 0 Å². The van der Waals surface area contributed by atoms with Crippen molar-refractivity contribution in [3.05, 3.63) is 34.9 Å². The lowest BCUT2D eigenvalue weighted by Gasteiger charge is -2.34. The molecule has 98 valence electrons. The van der Waals surface area contributed by atoms with Crippen LogP contribution in [0.2, 0.25) is 5.02 Å². The lowest BCUT2D eigenvalue weighted by atomic mass is 9.96. The van der Waals surface area contributed by atoms with Crippen LogP contribution in [0.3, 0.4) is 0 Å². The Bertz CT molecular complexity index is 405.